The van der Waals surface area contributed by atoms with Crippen LogP contribution >= 0.6 is 11.3 Å². The zero-order chi connectivity index (χ0) is 20.5. The molecular formula is C22H20F2N2OS. The van der Waals surface area contributed by atoms with Crippen LogP contribution in [-0.4, -0.2) is 17.3 Å². The molecule has 0 amide bonds. The van der Waals surface area contributed by atoms with Crippen LogP contribution in [0.3, 0.4) is 0 Å². The number of aliphatic hydroxyl groups is 1. The van der Waals surface area contributed by atoms with Gasteiger partial charge < -0.3 is 10.4 Å². The van der Waals surface area contributed by atoms with Crippen molar-refractivity contribution in [3.8, 4) is 27.6 Å². The van der Waals surface area contributed by atoms with Crippen LogP contribution in [0.25, 0.3) is 21.6 Å². The van der Waals surface area contributed by atoms with Crippen molar-refractivity contribution in [3.63, 3.8) is 0 Å². The molecule has 0 radical (unpaired) electrons. The van der Waals surface area contributed by atoms with Gasteiger partial charge in [0.1, 0.15) is 17.7 Å². The third kappa shape index (κ3) is 4.38. The van der Waals surface area contributed by atoms with E-state index in [2.05, 4.69) is 5.32 Å². The molecule has 2 aromatic carbocycles. The van der Waals surface area contributed by atoms with Crippen LogP contribution in [0.4, 0.5) is 14.5 Å². The molecule has 28 heavy (non-hydrogen) atoms. The number of nitrogens with one attached hydrogen (secondary N) is 1. The van der Waals surface area contributed by atoms with Gasteiger partial charge in [0.25, 0.3) is 0 Å². The number of rotatable bonds is 5. The van der Waals surface area contributed by atoms with Crippen LogP contribution in [0.1, 0.15) is 24.3 Å². The average Bonchev–Trinajstić information content (AvgIpc) is 3.01. The number of benzene rings is 2. The van der Waals surface area contributed by atoms with Crippen molar-refractivity contribution in [1.29, 1.82) is 5.26 Å². The Hall–Kier alpha value is -2.75. The Labute approximate surface area is 166 Å². The van der Waals surface area contributed by atoms with Crippen LogP contribution < -0.4 is 5.32 Å². The normalized spacial score (nSPS) is 11.3. The summed E-state index contributed by atoms with van der Waals surface area (Å²) in [5, 5.41) is 21.6. The second-order valence-corrected chi connectivity index (χ2v) is 8.52. The zero-order valence-corrected chi connectivity index (χ0v) is 16.6. The second kappa shape index (κ2) is 7.70. The Morgan fingerprint density at radius 3 is 2.36 bits per heavy atom. The molecule has 0 saturated carbocycles. The molecule has 3 rings (SSSR count). The largest absolute Gasteiger partial charge is 0.389 e. The average molecular weight is 398 g/mol. The summed E-state index contributed by atoms with van der Waals surface area (Å²) in [6.45, 7) is 5.44. The fraction of sp³-hybridized carbons (Fsp3) is 0.227. The van der Waals surface area contributed by atoms with Gasteiger partial charge in [-0.25, -0.2) is 8.78 Å². The Morgan fingerprint density at radius 1 is 1.07 bits per heavy atom. The minimum atomic E-state index is -0.956. The lowest BCUT2D eigenvalue weighted by Gasteiger charge is -2.19. The SMILES string of the molecule is Cc1cc(-c2ccc(C#N)c(F)c2)c(-c2ccc(NCC(C)(C)O)c(F)c2)s1. The second-order valence-electron chi connectivity index (χ2n) is 7.27. The van der Waals surface area contributed by atoms with Gasteiger partial charge in [-0.2, -0.15) is 5.26 Å². The highest BCUT2D eigenvalue weighted by Crippen LogP contribution is 2.40. The lowest BCUT2D eigenvalue weighted by Crippen LogP contribution is -2.29. The minimum absolute atomic E-state index is 0.00877. The molecule has 0 aliphatic carbocycles. The van der Waals surface area contributed by atoms with Crippen LogP contribution in [-0.2, 0) is 0 Å². The van der Waals surface area contributed by atoms with E-state index in [1.807, 2.05) is 19.1 Å². The number of thiophene rings is 1. The van der Waals surface area contributed by atoms with Gasteiger partial charge in [-0.15, -0.1) is 11.3 Å². The molecule has 144 valence electrons. The van der Waals surface area contributed by atoms with Crippen LogP contribution in [0, 0.1) is 29.9 Å². The van der Waals surface area contributed by atoms with Crippen molar-refractivity contribution >= 4 is 17.0 Å². The molecule has 0 unspecified atom stereocenters. The Bertz CT molecular complexity index is 1060. The predicted octanol–water partition coefficient (Wildman–Crippen LogP) is 5.72. The van der Waals surface area contributed by atoms with E-state index >= 15 is 0 Å². The first-order valence-corrected chi connectivity index (χ1v) is 9.56. The Kier molecular flexibility index (Phi) is 5.50. The Morgan fingerprint density at radius 2 is 1.75 bits per heavy atom. The van der Waals surface area contributed by atoms with Gasteiger partial charge in [0.2, 0.25) is 0 Å². The van der Waals surface area contributed by atoms with Gasteiger partial charge in [-0.1, -0.05) is 12.1 Å². The molecule has 0 atom stereocenters. The highest BCUT2D eigenvalue weighted by Gasteiger charge is 2.16. The zero-order valence-electron chi connectivity index (χ0n) is 15.8. The summed E-state index contributed by atoms with van der Waals surface area (Å²) < 4.78 is 28.6. The minimum Gasteiger partial charge on any atom is -0.389 e. The first-order chi connectivity index (χ1) is 13.2. The van der Waals surface area contributed by atoms with Crippen LogP contribution in [0.15, 0.2) is 42.5 Å². The maximum Gasteiger partial charge on any atom is 0.146 e. The molecule has 0 aliphatic heterocycles. The molecule has 1 aromatic heterocycles. The van der Waals surface area contributed by atoms with E-state index in [9.17, 15) is 13.9 Å². The summed E-state index contributed by atoms with van der Waals surface area (Å²) >= 11 is 1.50. The predicted molar refractivity (Wildman–Crippen MR) is 109 cm³/mol. The Balaban J connectivity index is 1.98. The van der Waals surface area contributed by atoms with Gasteiger partial charge in [-0.3, -0.25) is 0 Å². The van der Waals surface area contributed by atoms with Gasteiger partial charge in [0, 0.05) is 21.9 Å². The highest BCUT2D eigenvalue weighted by molar-refractivity contribution is 7.16. The van der Waals surface area contributed by atoms with Crippen LogP contribution in [0.5, 0.6) is 0 Å². The van der Waals surface area contributed by atoms with Crippen molar-refractivity contribution in [2.24, 2.45) is 0 Å². The number of aryl methyl sites for hydroxylation is 1. The van der Waals surface area contributed by atoms with Crippen molar-refractivity contribution in [2.45, 2.75) is 26.4 Å². The third-order valence-electron chi connectivity index (χ3n) is 4.20. The molecule has 2 N–H and O–H groups in total. The van der Waals surface area contributed by atoms with Crippen LogP contribution in [0.2, 0.25) is 0 Å². The summed E-state index contributed by atoms with van der Waals surface area (Å²) in [7, 11) is 0. The van der Waals surface area contributed by atoms with E-state index in [4.69, 9.17) is 5.26 Å². The first kappa shape index (κ1) is 20.0. The van der Waals surface area contributed by atoms with Crippen molar-refractivity contribution < 1.29 is 13.9 Å². The van der Waals surface area contributed by atoms with Gasteiger partial charge in [-0.05, 0) is 62.2 Å². The number of nitrogens with zero attached hydrogens (tertiary/aromatic N) is 1. The van der Waals surface area contributed by atoms with Gasteiger partial charge in [0.15, 0.2) is 0 Å². The monoisotopic (exact) mass is 398 g/mol. The molecule has 0 bridgehead atoms. The van der Waals surface area contributed by atoms with E-state index in [0.717, 1.165) is 15.3 Å². The fourth-order valence-corrected chi connectivity index (χ4v) is 3.86. The third-order valence-corrected chi connectivity index (χ3v) is 5.30. The molecule has 0 saturated heterocycles. The smallest absolute Gasteiger partial charge is 0.146 e. The fourth-order valence-electron chi connectivity index (χ4n) is 2.83. The topological polar surface area (TPSA) is 56.0 Å². The summed E-state index contributed by atoms with van der Waals surface area (Å²) in [6.07, 6.45) is 0. The van der Waals surface area contributed by atoms with Crippen molar-refractivity contribution in [3.05, 3.63) is 64.5 Å². The maximum atomic E-state index is 14.6. The molecule has 0 fully saturated rings. The lowest BCUT2D eigenvalue weighted by atomic mass is 10.0. The van der Waals surface area contributed by atoms with E-state index < -0.39 is 17.2 Å². The maximum absolute atomic E-state index is 14.6. The number of halogens is 2. The highest BCUT2D eigenvalue weighted by atomic mass is 32.1. The summed E-state index contributed by atoms with van der Waals surface area (Å²) in [6, 6.07) is 13.1. The molecule has 6 heteroatoms. The molecule has 0 aliphatic rings. The van der Waals surface area contributed by atoms with Crippen molar-refractivity contribution in [1.82, 2.24) is 0 Å². The molecule has 0 spiro atoms. The number of nitriles is 1. The van der Waals surface area contributed by atoms with E-state index in [1.165, 1.54) is 29.5 Å². The molecule has 1 heterocycles. The summed E-state index contributed by atoms with van der Waals surface area (Å²) in [5.41, 5.74) is 1.46. The number of anilines is 1. The summed E-state index contributed by atoms with van der Waals surface area (Å²) in [4.78, 5) is 1.84. The quantitative estimate of drug-likeness (QED) is 0.578. The van der Waals surface area contributed by atoms with E-state index in [-0.39, 0.29) is 12.1 Å². The van der Waals surface area contributed by atoms with Crippen molar-refractivity contribution in [2.75, 3.05) is 11.9 Å². The standard InChI is InChI=1S/C22H20F2N2OS/c1-13-8-17(14-4-5-16(11-25)18(23)9-14)21(28-13)15-6-7-20(19(24)10-15)26-12-22(2,3)27/h4-10,26-27H,12H2,1-3H3. The molecular weight excluding hydrogens is 378 g/mol. The van der Waals surface area contributed by atoms with Gasteiger partial charge >= 0.3 is 0 Å². The molecule has 3 aromatic rings. The first-order valence-electron chi connectivity index (χ1n) is 8.74. The number of hydrogen-bond acceptors (Lipinski definition) is 4. The van der Waals surface area contributed by atoms with Gasteiger partial charge in [0.05, 0.1) is 16.9 Å². The summed E-state index contributed by atoms with van der Waals surface area (Å²) in [5.74, 6) is -1.00. The van der Waals surface area contributed by atoms with E-state index in [0.29, 0.717) is 16.8 Å². The lowest BCUT2D eigenvalue weighted by molar-refractivity contribution is 0.0944. The van der Waals surface area contributed by atoms with E-state index in [1.54, 1.807) is 32.0 Å². The number of hydrogen-bond donors (Lipinski definition) is 2. The molecule has 3 nitrogen and oxygen atoms in total.